The van der Waals surface area contributed by atoms with E-state index in [0.29, 0.717) is 36.3 Å². The van der Waals surface area contributed by atoms with Crippen molar-refractivity contribution in [2.75, 3.05) is 77.6 Å². The van der Waals surface area contributed by atoms with Crippen molar-refractivity contribution in [3.63, 3.8) is 0 Å². The maximum Gasteiger partial charge on any atom is 0.264 e. The summed E-state index contributed by atoms with van der Waals surface area (Å²) >= 11 is 6.43. The van der Waals surface area contributed by atoms with Crippen LogP contribution in [0.4, 0.5) is 5.69 Å². The Kier molecular flexibility index (Phi) is 13.2. The van der Waals surface area contributed by atoms with Gasteiger partial charge in [0.2, 0.25) is 10.0 Å². The lowest BCUT2D eigenvalue weighted by molar-refractivity contribution is -0.0974. The molecule has 5 aliphatic rings. The van der Waals surface area contributed by atoms with Gasteiger partial charge in [-0.2, -0.15) is 0 Å². The molecule has 0 aromatic heterocycles. The van der Waals surface area contributed by atoms with E-state index in [2.05, 4.69) is 43.7 Å². The maximum atomic E-state index is 13.7. The molecular weight excluding hydrogens is 736 g/mol. The summed E-state index contributed by atoms with van der Waals surface area (Å²) in [5, 5.41) is -0.0227. The van der Waals surface area contributed by atoms with Gasteiger partial charge in [-0.1, -0.05) is 36.7 Å². The molecule has 4 heterocycles. The van der Waals surface area contributed by atoms with E-state index in [0.717, 1.165) is 121 Å². The number of allylic oxidation sites excluding steroid dienone is 1. The molecule has 3 fully saturated rings. The molecule has 302 valence electrons. The van der Waals surface area contributed by atoms with Gasteiger partial charge < -0.3 is 19.1 Å². The molecule has 0 radical (unpaired) electrons. The van der Waals surface area contributed by atoms with Crippen molar-refractivity contribution in [3.05, 3.63) is 70.3 Å². The Morgan fingerprint density at radius 2 is 1.73 bits per heavy atom. The average Bonchev–Trinajstić information content (AvgIpc) is 3.17. The number of ether oxygens (including phenoxy) is 3. The number of aryl methyl sites for hydroxylation is 1. The van der Waals surface area contributed by atoms with Crippen molar-refractivity contribution in [1.82, 2.24) is 14.5 Å². The fourth-order valence-electron chi connectivity index (χ4n) is 9.54. The van der Waals surface area contributed by atoms with Gasteiger partial charge in [-0.15, -0.1) is 0 Å². The third-order valence-corrected chi connectivity index (χ3v) is 15.5. The number of carbonyl (C=O) groups is 1. The number of anilines is 1. The van der Waals surface area contributed by atoms with Crippen molar-refractivity contribution in [3.8, 4) is 5.75 Å². The van der Waals surface area contributed by atoms with Gasteiger partial charge in [0.25, 0.3) is 5.91 Å². The van der Waals surface area contributed by atoms with Crippen molar-refractivity contribution >= 4 is 33.2 Å². The van der Waals surface area contributed by atoms with E-state index >= 15 is 0 Å². The smallest absolute Gasteiger partial charge is 0.264 e. The second kappa shape index (κ2) is 17.9. The summed E-state index contributed by atoms with van der Waals surface area (Å²) in [5.41, 5.74) is 3.13. The molecule has 0 spiro atoms. The highest BCUT2D eigenvalue weighted by Gasteiger charge is 2.48. The van der Waals surface area contributed by atoms with Gasteiger partial charge in [0.15, 0.2) is 0 Å². The molecule has 2 aromatic carbocycles. The lowest BCUT2D eigenvalue weighted by Crippen LogP contribution is -2.59. The molecule has 10 nitrogen and oxygen atoms in total. The number of hydrogen-bond donors (Lipinski definition) is 1. The number of nitrogens with one attached hydrogen (secondary N) is 1. The topological polar surface area (TPSA) is 101 Å². The average molecular weight is 798 g/mol. The lowest BCUT2D eigenvalue weighted by Gasteiger charge is -2.52. The number of methoxy groups -OCH3 is 1. The molecule has 2 aromatic rings. The van der Waals surface area contributed by atoms with Crippen molar-refractivity contribution in [2.24, 2.45) is 17.8 Å². The van der Waals surface area contributed by atoms with Gasteiger partial charge in [-0.3, -0.25) is 14.6 Å². The molecule has 5 atom stereocenters. The van der Waals surface area contributed by atoms with Crippen LogP contribution in [0, 0.1) is 17.8 Å². The van der Waals surface area contributed by atoms with Gasteiger partial charge in [0, 0.05) is 89.2 Å². The third kappa shape index (κ3) is 9.39. The minimum Gasteiger partial charge on any atom is -0.491 e. The van der Waals surface area contributed by atoms with Crippen LogP contribution >= 0.6 is 11.6 Å². The highest BCUT2D eigenvalue weighted by molar-refractivity contribution is 7.90. The first-order valence-corrected chi connectivity index (χ1v) is 22.6. The Hall–Kier alpha value is -2.67. The molecule has 1 N–H and O–H groups in total. The number of amides is 1. The summed E-state index contributed by atoms with van der Waals surface area (Å²) in [4.78, 5) is 21.3. The van der Waals surface area contributed by atoms with Crippen LogP contribution in [-0.2, 0) is 32.3 Å². The molecule has 0 unspecified atom stereocenters. The predicted octanol–water partition coefficient (Wildman–Crippen LogP) is 6.36. The zero-order valence-electron chi connectivity index (χ0n) is 33.0. The number of benzene rings is 2. The molecule has 2 bridgehead atoms. The predicted molar refractivity (Wildman–Crippen MR) is 219 cm³/mol. The highest BCUT2D eigenvalue weighted by Crippen LogP contribution is 2.47. The van der Waals surface area contributed by atoms with Crippen LogP contribution in [0.25, 0.3) is 0 Å². The number of rotatable bonds is 4. The standard InChI is InChI=1S/C43H61ClN4O6S/c1-31-7-6-18-43(52-3,30-46-20-22-47(23-21-46)38-16-24-53-25-17-38)39-13-10-36(39)29-48-19-5-4-8-34-27-37(44)12-9-33(34)15-26-54-41-14-11-35(28-40(41)48)42(49)45-55(50,51)32(31)2/h6,9,11-12,14,18,27-28,31-32,36,38-39H,4-5,7-8,10,13,15-17,19-26,29-30H2,1-3H3,(H,45,49)/b18-6+/t31-,32+,36-,39+,43+/m0/s1. The third-order valence-electron chi connectivity index (χ3n) is 13.4. The Labute approximate surface area is 333 Å². The van der Waals surface area contributed by atoms with Crippen LogP contribution in [0.1, 0.15) is 80.3 Å². The quantitative estimate of drug-likeness (QED) is 0.355. The van der Waals surface area contributed by atoms with Gasteiger partial charge in [0.1, 0.15) is 11.4 Å². The fourth-order valence-corrected chi connectivity index (χ4v) is 11.0. The number of sulfonamides is 1. The number of fused-ring (bicyclic) bond motifs is 3. The molecule has 1 aliphatic carbocycles. The van der Waals surface area contributed by atoms with Gasteiger partial charge in [0.05, 0.1) is 17.5 Å². The zero-order chi connectivity index (χ0) is 38.6. The number of carbonyl (C=O) groups excluding carboxylic acids is 1. The molecule has 12 heteroatoms. The molecule has 2 saturated heterocycles. The zero-order valence-corrected chi connectivity index (χ0v) is 34.6. The van der Waals surface area contributed by atoms with Crippen LogP contribution in [0.15, 0.2) is 48.6 Å². The number of piperazine rings is 1. The number of nitrogens with zero attached hydrogens (tertiary/aromatic N) is 3. The SMILES string of the molecule is CO[C@@]1(CN2CCN(C3CCOCC3)CC2)/C=C/C[C@H](C)[C@@H](C)S(=O)(=O)NC(=O)c2ccc3c(c2)N(CCCCc2cc(Cl)ccc2CCO3)C[C@@H]2CC[C@H]21. The van der Waals surface area contributed by atoms with E-state index < -0.39 is 26.8 Å². The van der Waals surface area contributed by atoms with Crippen molar-refractivity contribution in [2.45, 2.75) is 88.5 Å². The summed E-state index contributed by atoms with van der Waals surface area (Å²) in [6.07, 6.45) is 12.9. The molecule has 55 heavy (non-hydrogen) atoms. The molecule has 4 aliphatic heterocycles. The van der Waals surface area contributed by atoms with E-state index in [1.54, 1.807) is 13.0 Å². The van der Waals surface area contributed by atoms with Gasteiger partial charge >= 0.3 is 0 Å². The second-order valence-electron chi connectivity index (χ2n) is 16.7. The van der Waals surface area contributed by atoms with Crippen LogP contribution in [0.5, 0.6) is 5.75 Å². The molecular formula is C43H61ClN4O6S. The highest BCUT2D eigenvalue weighted by atomic mass is 35.5. The maximum absolute atomic E-state index is 13.7. The second-order valence-corrected chi connectivity index (χ2v) is 19.1. The summed E-state index contributed by atoms with van der Waals surface area (Å²) < 4.78 is 48.6. The first-order chi connectivity index (χ1) is 26.5. The Morgan fingerprint density at radius 1 is 0.927 bits per heavy atom. The van der Waals surface area contributed by atoms with Gasteiger partial charge in [-0.05, 0) is 118 Å². The monoisotopic (exact) mass is 796 g/mol. The minimum absolute atomic E-state index is 0.217. The van der Waals surface area contributed by atoms with Crippen LogP contribution < -0.4 is 14.4 Å². The summed E-state index contributed by atoms with van der Waals surface area (Å²) in [5.74, 6) is 0.507. The molecule has 1 amide bonds. The van der Waals surface area contributed by atoms with E-state index in [4.69, 9.17) is 25.8 Å². The van der Waals surface area contributed by atoms with Crippen LogP contribution in [0.3, 0.4) is 0 Å². The first kappa shape index (κ1) is 40.5. The summed E-state index contributed by atoms with van der Waals surface area (Å²) in [6, 6.07) is 12.1. The summed E-state index contributed by atoms with van der Waals surface area (Å²) in [6.45, 7) is 12.3. The van der Waals surface area contributed by atoms with Gasteiger partial charge in [-0.25, -0.2) is 13.1 Å². The van der Waals surface area contributed by atoms with E-state index in [-0.39, 0.29) is 11.8 Å². The van der Waals surface area contributed by atoms with E-state index in [1.807, 2.05) is 32.2 Å². The van der Waals surface area contributed by atoms with Crippen molar-refractivity contribution < 1.29 is 27.4 Å². The Bertz CT molecular complexity index is 1780. The minimum atomic E-state index is -3.95. The van der Waals surface area contributed by atoms with E-state index in [1.165, 1.54) is 11.1 Å². The van der Waals surface area contributed by atoms with E-state index in [9.17, 15) is 13.2 Å². The number of hydrogen-bond acceptors (Lipinski definition) is 9. The Morgan fingerprint density at radius 3 is 2.47 bits per heavy atom. The fraction of sp³-hybridized carbons (Fsp3) is 0.651. The first-order valence-electron chi connectivity index (χ1n) is 20.7. The van der Waals surface area contributed by atoms with Crippen LogP contribution in [0.2, 0.25) is 5.02 Å². The normalized spacial score (nSPS) is 31.0. The largest absolute Gasteiger partial charge is 0.491 e. The lowest BCUT2D eigenvalue weighted by atomic mass is 9.63. The van der Waals surface area contributed by atoms with Crippen molar-refractivity contribution in [1.29, 1.82) is 0 Å². The summed E-state index contributed by atoms with van der Waals surface area (Å²) in [7, 11) is -2.09. The Balaban J connectivity index is 1.20. The molecule has 7 rings (SSSR count). The van der Waals surface area contributed by atoms with Crippen LogP contribution in [-0.4, -0.2) is 114 Å². The molecule has 1 saturated carbocycles. The number of halogens is 1.